The first kappa shape index (κ1) is 13.8. The summed E-state index contributed by atoms with van der Waals surface area (Å²) in [5.74, 6) is 0. The van der Waals surface area contributed by atoms with Gasteiger partial charge in [-0.15, -0.1) is 0 Å². The minimum absolute atomic E-state index is 0.524. The summed E-state index contributed by atoms with van der Waals surface area (Å²) >= 11 is 3.22. The van der Waals surface area contributed by atoms with Gasteiger partial charge in [-0.25, -0.2) is 0 Å². The molecule has 0 radical (unpaired) electrons. The normalized spacial score (nSPS) is 18.0. The summed E-state index contributed by atoms with van der Waals surface area (Å²) in [6.45, 7) is 4.39. The van der Waals surface area contributed by atoms with E-state index in [4.69, 9.17) is 0 Å². The Balaban J connectivity index is 2.09. The number of benzene rings is 1. The van der Waals surface area contributed by atoms with Crippen LogP contribution in [0.25, 0.3) is 0 Å². The molecule has 0 atom stereocenters. The predicted octanol–water partition coefficient (Wildman–Crippen LogP) is 2.87. The molecule has 1 heterocycles. The van der Waals surface area contributed by atoms with Crippen molar-refractivity contribution in [2.24, 2.45) is 0 Å². The first-order valence-corrected chi connectivity index (χ1v) is 6.55. The summed E-state index contributed by atoms with van der Waals surface area (Å²) in [5.41, 5.74) is 0.281. The number of nitrogens with one attached hydrogen (secondary N) is 1. The lowest BCUT2D eigenvalue weighted by molar-refractivity contribution is -0.137. The Labute approximate surface area is 112 Å². The molecule has 18 heavy (non-hydrogen) atoms. The van der Waals surface area contributed by atoms with Gasteiger partial charge in [0.05, 0.1) is 5.56 Å². The number of piperazine rings is 1. The third kappa shape index (κ3) is 3.46. The lowest BCUT2D eigenvalue weighted by Crippen LogP contribution is -2.42. The minimum Gasteiger partial charge on any atom is -0.314 e. The molecule has 1 aromatic rings. The number of halogens is 4. The summed E-state index contributed by atoms with van der Waals surface area (Å²) in [7, 11) is 0. The average Bonchev–Trinajstić information content (AvgIpc) is 2.32. The average molecular weight is 323 g/mol. The smallest absolute Gasteiger partial charge is 0.314 e. The summed E-state index contributed by atoms with van der Waals surface area (Å²) in [6.07, 6.45) is -4.28. The molecule has 1 saturated heterocycles. The third-order valence-electron chi connectivity index (χ3n) is 2.98. The van der Waals surface area contributed by atoms with Crippen molar-refractivity contribution in [2.75, 3.05) is 26.2 Å². The lowest BCUT2D eigenvalue weighted by Gasteiger charge is -2.27. The molecule has 100 valence electrons. The fourth-order valence-corrected chi connectivity index (χ4v) is 2.47. The van der Waals surface area contributed by atoms with Crippen molar-refractivity contribution in [2.45, 2.75) is 12.7 Å². The molecule has 0 bridgehead atoms. The Morgan fingerprint density at radius 1 is 1.22 bits per heavy atom. The molecular weight excluding hydrogens is 309 g/mol. The molecule has 1 aromatic carbocycles. The van der Waals surface area contributed by atoms with Gasteiger partial charge in [0.25, 0.3) is 0 Å². The van der Waals surface area contributed by atoms with E-state index >= 15 is 0 Å². The van der Waals surface area contributed by atoms with Crippen LogP contribution in [0.2, 0.25) is 0 Å². The van der Waals surface area contributed by atoms with Crippen LogP contribution in [0, 0.1) is 0 Å². The van der Waals surface area contributed by atoms with Gasteiger partial charge in [-0.3, -0.25) is 4.90 Å². The van der Waals surface area contributed by atoms with Gasteiger partial charge in [0.2, 0.25) is 0 Å². The van der Waals surface area contributed by atoms with E-state index in [0.717, 1.165) is 43.9 Å². The number of alkyl halides is 3. The zero-order valence-electron chi connectivity index (χ0n) is 9.73. The van der Waals surface area contributed by atoms with Crippen molar-refractivity contribution in [3.63, 3.8) is 0 Å². The molecule has 1 aliphatic rings. The number of nitrogens with zero attached hydrogens (tertiary/aromatic N) is 1. The van der Waals surface area contributed by atoms with Gasteiger partial charge in [-0.1, -0.05) is 22.0 Å². The zero-order valence-corrected chi connectivity index (χ0v) is 11.3. The van der Waals surface area contributed by atoms with Gasteiger partial charge < -0.3 is 5.32 Å². The predicted molar refractivity (Wildman–Crippen MR) is 67.3 cm³/mol. The van der Waals surface area contributed by atoms with Crippen molar-refractivity contribution in [3.05, 3.63) is 33.8 Å². The molecule has 0 amide bonds. The molecule has 6 heteroatoms. The standard InChI is InChI=1S/C12H14BrF3N2/c13-11-7-10(12(14,15)16)2-1-9(11)8-18-5-3-17-4-6-18/h1-2,7,17H,3-6,8H2. The fraction of sp³-hybridized carbons (Fsp3) is 0.500. The van der Waals surface area contributed by atoms with Crippen molar-refractivity contribution in [1.82, 2.24) is 10.2 Å². The Hall–Kier alpha value is -0.590. The lowest BCUT2D eigenvalue weighted by atomic mass is 10.1. The highest BCUT2D eigenvalue weighted by molar-refractivity contribution is 9.10. The maximum absolute atomic E-state index is 12.5. The van der Waals surface area contributed by atoms with Crippen LogP contribution in [0.3, 0.4) is 0 Å². The van der Waals surface area contributed by atoms with E-state index in [1.165, 1.54) is 0 Å². The van der Waals surface area contributed by atoms with Crippen LogP contribution in [0.15, 0.2) is 22.7 Å². The number of rotatable bonds is 2. The van der Waals surface area contributed by atoms with Crippen LogP contribution in [0.1, 0.15) is 11.1 Å². The Bertz CT molecular complexity index is 414. The van der Waals surface area contributed by atoms with Crippen LogP contribution in [-0.4, -0.2) is 31.1 Å². The monoisotopic (exact) mass is 322 g/mol. The van der Waals surface area contributed by atoms with E-state index in [1.807, 2.05) is 0 Å². The molecule has 2 nitrogen and oxygen atoms in total. The van der Waals surface area contributed by atoms with Gasteiger partial charge in [-0.05, 0) is 17.7 Å². The second kappa shape index (κ2) is 5.59. The Kier molecular flexibility index (Phi) is 4.29. The molecular formula is C12H14BrF3N2. The molecule has 1 aliphatic heterocycles. The van der Waals surface area contributed by atoms with Gasteiger partial charge in [0.15, 0.2) is 0 Å². The van der Waals surface area contributed by atoms with Gasteiger partial charge in [0, 0.05) is 37.2 Å². The molecule has 1 N–H and O–H groups in total. The first-order valence-electron chi connectivity index (χ1n) is 5.75. The number of hydrogen-bond acceptors (Lipinski definition) is 2. The van der Waals surface area contributed by atoms with E-state index in [2.05, 4.69) is 26.1 Å². The SMILES string of the molecule is FC(F)(F)c1ccc(CN2CCNCC2)c(Br)c1. The molecule has 0 aromatic heterocycles. The van der Waals surface area contributed by atoms with Crippen LogP contribution < -0.4 is 5.32 Å². The molecule has 1 fully saturated rings. The summed E-state index contributed by atoms with van der Waals surface area (Å²) in [4.78, 5) is 2.23. The molecule has 0 saturated carbocycles. The van der Waals surface area contributed by atoms with Crippen LogP contribution in [-0.2, 0) is 12.7 Å². The zero-order chi connectivity index (χ0) is 13.2. The molecule has 0 unspecified atom stereocenters. The quantitative estimate of drug-likeness (QED) is 0.900. The first-order chi connectivity index (χ1) is 8.47. The van der Waals surface area contributed by atoms with Crippen molar-refractivity contribution in [3.8, 4) is 0 Å². The van der Waals surface area contributed by atoms with Crippen molar-refractivity contribution < 1.29 is 13.2 Å². The maximum Gasteiger partial charge on any atom is 0.416 e. The van der Waals surface area contributed by atoms with E-state index in [9.17, 15) is 13.2 Å². The molecule has 0 aliphatic carbocycles. The van der Waals surface area contributed by atoms with E-state index < -0.39 is 11.7 Å². The topological polar surface area (TPSA) is 15.3 Å². The molecule has 0 spiro atoms. The maximum atomic E-state index is 12.5. The highest BCUT2D eigenvalue weighted by Gasteiger charge is 2.30. The number of hydrogen-bond donors (Lipinski definition) is 1. The van der Waals surface area contributed by atoms with Gasteiger partial charge in [0.1, 0.15) is 0 Å². The van der Waals surface area contributed by atoms with E-state index in [1.54, 1.807) is 6.07 Å². The van der Waals surface area contributed by atoms with E-state index in [0.29, 0.717) is 11.0 Å². The van der Waals surface area contributed by atoms with Crippen LogP contribution >= 0.6 is 15.9 Å². The van der Waals surface area contributed by atoms with Gasteiger partial charge >= 0.3 is 6.18 Å². The fourth-order valence-electron chi connectivity index (χ4n) is 1.96. The van der Waals surface area contributed by atoms with Crippen LogP contribution in [0.5, 0.6) is 0 Å². The second-order valence-electron chi connectivity index (χ2n) is 4.33. The van der Waals surface area contributed by atoms with Crippen molar-refractivity contribution in [1.29, 1.82) is 0 Å². The second-order valence-corrected chi connectivity index (χ2v) is 5.18. The highest BCUT2D eigenvalue weighted by Crippen LogP contribution is 2.32. The Morgan fingerprint density at radius 3 is 2.44 bits per heavy atom. The van der Waals surface area contributed by atoms with Crippen molar-refractivity contribution >= 4 is 15.9 Å². The third-order valence-corrected chi connectivity index (χ3v) is 3.72. The minimum atomic E-state index is -4.28. The summed E-state index contributed by atoms with van der Waals surface area (Å²) in [6, 6.07) is 3.84. The van der Waals surface area contributed by atoms with Crippen LogP contribution in [0.4, 0.5) is 13.2 Å². The summed E-state index contributed by atoms with van der Waals surface area (Å²) in [5, 5.41) is 3.24. The Morgan fingerprint density at radius 2 is 1.89 bits per heavy atom. The molecule has 2 rings (SSSR count). The summed E-state index contributed by atoms with van der Waals surface area (Å²) < 4.78 is 38.1. The largest absolute Gasteiger partial charge is 0.416 e. The highest BCUT2D eigenvalue weighted by atomic mass is 79.9. The van der Waals surface area contributed by atoms with E-state index in [-0.39, 0.29) is 0 Å². The van der Waals surface area contributed by atoms with Gasteiger partial charge in [-0.2, -0.15) is 13.2 Å².